The molecule has 196 valence electrons. The van der Waals surface area contributed by atoms with Crippen molar-refractivity contribution in [3.8, 4) is 11.3 Å². The van der Waals surface area contributed by atoms with E-state index in [1.165, 1.54) is 0 Å². The molecule has 0 saturated carbocycles. The van der Waals surface area contributed by atoms with Crippen LogP contribution < -0.4 is 11.1 Å². The summed E-state index contributed by atoms with van der Waals surface area (Å²) < 4.78 is 12.9. The molecule has 3 N–H and O–H groups in total. The standard InChI is InChI=1S/C27H38N4O5/c1-26(2,3)35-22(32)11-13-29-24(33)18-9-7-17(8-10-18)23-20(16-28)31-14-12-19(15-21(31)30-23)25(34)36-27(4,5)6/h7-10,19H,11-16,28H2,1-6H3,(H,29,33). The lowest BCUT2D eigenvalue weighted by molar-refractivity contribution is -0.160. The number of rotatable bonds is 7. The van der Waals surface area contributed by atoms with E-state index in [0.717, 1.165) is 22.8 Å². The summed E-state index contributed by atoms with van der Waals surface area (Å²) in [7, 11) is 0. The summed E-state index contributed by atoms with van der Waals surface area (Å²) in [4.78, 5) is 41.7. The number of carbonyl (C=O) groups excluding carboxylic acids is 3. The maximum absolute atomic E-state index is 12.6. The van der Waals surface area contributed by atoms with Crippen LogP contribution in [0.1, 0.15) is 76.3 Å². The summed E-state index contributed by atoms with van der Waals surface area (Å²) in [5.41, 5.74) is 7.98. The van der Waals surface area contributed by atoms with E-state index >= 15 is 0 Å². The molecule has 36 heavy (non-hydrogen) atoms. The van der Waals surface area contributed by atoms with Crippen LogP contribution in [-0.2, 0) is 38.6 Å². The summed E-state index contributed by atoms with van der Waals surface area (Å²) in [6.07, 6.45) is 1.28. The molecule has 0 fully saturated rings. The lowest BCUT2D eigenvalue weighted by Gasteiger charge is -2.27. The molecule has 1 atom stereocenters. The van der Waals surface area contributed by atoms with Gasteiger partial charge in [-0.05, 0) is 60.1 Å². The number of esters is 2. The van der Waals surface area contributed by atoms with Crippen LogP contribution in [0.15, 0.2) is 24.3 Å². The Morgan fingerprint density at radius 3 is 2.28 bits per heavy atom. The number of fused-ring (bicyclic) bond motifs is 1. The average Bonchev–Trinajstić information content (AvgIpc) is 3.14. The molecular formula is C27H38N4O5. The number of amides is 1. The molecule has 1 unspecified atom stereocenters. The molecular weight excluding hydrogens is 460 g/mol. The van der Waals surface area contributed by atoms with Gasteiger partial charge in [-0.15, -0.1) is 0 Å². The minimum atomic E-state index is -0.553. The molecule has 2 heterocycles. The minimum Gasteiger partial charge on any atom is -0.460 e. The van der Waals surface area contributed by atoms with E-state index in [4.69, 9.17) is 20.2 Å². The van der Waals surface area contributed by atoms with Gasteiger partial charge in [0.1, 0.15) is 17.0 Å². The van der Waals surface area contributed by atoms with Crippen LogP contribution in [0.2, 0.25) is 0 Å². The number of nitrogens with two attached hydrogens (primary N) is 1. The molecule has 1 aliphatic rings. The van der Waals surface area contributed by atoms with Crippen molar-refractivity contribution in [3.63, 3.8) is 0 Å². The first-order valence-corrected chi connectivity index (χ1v) is 12.4. The van der Waals surface area contributed by atoms with Crippen LogP contribution in [0.5, 0.6) is 0 Å². The number of hydrogen-bond donors (Lipinski definition) is 2. The van der Waals surface area contributed by atoms with Gasteiger partial charge in [0.25, 0.3) is 5.91 Å². The third-order valence-corrected chi connectivity index (χ3v) is 5.67. The van der Waals surface area contributed by atoms with E-state index in [9.17, 15) is 14.4 Å². The predicted octanol–water partition coefficient (Wildman–Crippen LogP) is 3.37. The summed E-state index contributed by atoms with van der Waals surface area (Å²) in [5.74, 6) is -0.242. The Bertz CT molecular complexity index is 1110. The number of nitrogens with one attached hydrogen (secondary N) is 1. The molecule has 1 aliphatic heterocycles. The van der Waals surface area contributed by atoms with E-state index in [-0.39, 0.29) is 36.7 Å². The van der Waals surface area contributed by atoms with Crippen molar-refractivity contribution >= 4 is 17.8 Å². The van der Waals surface area contributed by atoms with Crippen molar-refractivity contribution in [2.24, 2.45) is 11.7 Å². The fraction of sp³-hybridized carbons (Fsp3) is 0.556. The van der Waals surface area contributed by atoms with Crippen LogP contribution in [0, 0.1) is 5.92 Å². The van der Waals surface area contributed by atoms with E-state index in [1.807, 2.05) is 32.9 Å². The molecule has 3 rings (SSSR count). The summed E-state index contributed by atoms with van der Waals surface area (Å²) in [6, 6.07) is 7.11. The van der Waals surface area contributed by atoms with Gasteiger partial charge in [0, 0.05) is 37.2 Å². The summed E-state index contributed by atoms with van der Waals surface area (Å²) in [5, 5.41) is 2.75. The second kappa shape index (κ2) is 10.8. The third-order valence-electron chi connectivity index (χ3n) is 5.67. The molecule has 9 heteroatoms. The number of ether oxygens (including phenoxy) is 2. The Kier molecular flexibility index (Phi) is 8.23. The van der Waals surface area contributed by atoms with Gasteiger partial charge in [-0.2, -0.15) is 0 Å². The van der Waals surface area contributed by atoms with Gasteiger partial charge in [0.05, 0.1) is 23.7 Å². The molecule has 0 spiro atoms. The molecule has 9 nitrogen and oxygen atoms in total. The van der Waals surface area contributed by atoms with Crippen molar-refractivity contribution in [2.45, 2.75) is 85.1 Å². The van der Waals surface area contributed by atoms with Gasteiger partial charge in [-0.1, -0.05) is 12.1 Å². The number of nitrogens with zero attached hydrogens (tertiary/aromatic N) is 2. The lowest BCUT2D eigenvalue weighted by atomic mass is 9.97. The third kappa shape index (κ3) is 7.16. The molecule has 1 aromatic carbocycles. The second-order valence-electron chi connectivity index (χ2n) is 11.1. The Labute approximate surface area is 212 Å². The predicted molar refractivity (Wildman–Crippen MR) is 136 cm³/mol. The Morgan fingerprint density at radius 1 is 1.06 bits per heavy atom. The zero-order valence-electron chi connectivity index (χ0n) is 22.1. The van der Waals surface area contributed by atoms with Crippen LogP contribution in [0.3, 0.4) is 0 Å². The molecule has 1 aromatic heterocycles. The monoisotopic (exact) mass is 498 g/mol. The van der Waals surface area contributed by atoms with Crippen LogP contribution in [0.25, 0.3) is 11.3 Å². The second-order valence-corrected chi connectivity index (χ2v) is 11.1. The van der Waals surface area contributed by atoms with Crippen molar-refractivity contribution < 1.29 is 23.9 Å². The van der Waals surface area contributed by atoms with Crippen molar-refractivity contribution in [3.05, 3.63) is 41.3 Å². The van der Waals surface area contributed by atoms with Gasteiger partial charge in [0.15, 0.2) is 0 Å². The van der Waals surface area contributed by atoms with Crippen molar-refractivity contribution in [1.82, 2.24) is 14.9 Å². The number of imidazole rings is 1. The fourth-order valence-electron chi connectivity index (χ4n) is 4.14. The molecule has 0 aliphatic carbocycles. The highest BCUT2D eigenvalue weighted by molar-refractivity contribution is 5.94. The largest absolute Gasteiger partial charge is 0.460 e. The molecule has 0 saturated heterocycles. The normalized spacial score (nSPS) is 15.7. The van der Waals surface area contributed by atoms with Gasteiger partial charge < -0.3 is 25.1 Å². The Balaban J connectivity index is 1.67. The van der Waals surface area contributed by atoms with E-state index in [0.29, 0.717) is 31.5 Å². The Morgan fingerprint density at radius 2 is 1.69 bits per heavy atom. The van der Waals surface area contributed by atoms with Gasteiger partial charge in [0.2, 0.25) is 0 Å². The van der Waals surface area contributed by atoms with E-state index < -0.39 is 11.2 Å². The summed E-state index contributed by atoms with van der Waals surface area (Å²) >= 11 is 0. The van der Waals surface area contributed by atoms with Crippen LogP contribution in [-0.4, -0.2) is 45.1 Å². The highest BCUT2D eigenvalue weighted by Crippen LogP contribution is 2.30. The maximum atomic E-state index is 12.6. The van der Waals surface area contributed by atoms with Crippen LogP contribution in [0.4, 0.5) is 0 Å². The number of aromatic nitrogens is 2. The quantitative estimate of drug-likeness (QED) is 0.561. The van der Waals surface area contributed by atoms with E-state index in [1.54, 1.807) is 32.9 Å². The zero-order chi connectivity index (χ0) is 26.7. The number of hydrogen-bond acceptors (Lipinski definition) is 7. The first kappa shape index (κ1) is 27.4. The molecule has 2 aromatic rings. The highest BCUT2D eigenvalue weighted by atomic mass is 16.6. The fourth-order valence-corrected chi connectivity index (χ4v) is 4.14. The smallest absolute Gasteiger partial charge is 0.309 e. The van der Waals surface area contributed by atoms with Gasteiger partial charge >= 0.3 is 11.9 Å². The van der Waals surface area contributed by atoms with Gasteiger partial charge in [-0.3, -0.25) is 14.4 Å². The molecule has 0 bridgehead atoms. The molecule has 1 amide bonds. The first-order valence-electron chi connectivity index (χ1n) is 12.4. The Hall–Kier alpha value is -3.20. The number of benzene rings is 1. The van der Waals surface area contributed by atoms with Crippen molar-refractivity contribution in [1.29, 1.82) is 0 Å². The SMILES string of the molecule is CC(C)(C)OC(=O)CCNC(=O)c1ccc(-c2nc3n(c2CN)CCC(C(=O)OC(C)(C)C)C3)cc1. The molecule has 0 radical (unpaired) electrons. The van der Waals surface area contributed by atoms with Crippen molar-refractivity contribution in [2.75, 3.05) is 6.54 Å². The first-order chi connectivity index (χ1) is 16.8. The highest BCUT2D eigenvalue weighted by Gasteiger charge is 2.32. The number of carbonyl (C=O) groups is 3. The lowest BCUT2D eigenvalue weighted by Crippen LogP contribution is -2.33. The topological polar surface area (TPSA) is 126 Å². The average molecular weight is 499 g/mol. The summed E-state index contributed by atoms with van der Waals surface area (Å²) in [6.45, 7) is 12.2. The van der Waals surface area contributed by atoms with Crippen LogP contribution >= 0.6 is 0 Å². The van der Waals surface area contributed by atoms with E-state index in [2.05, 4.69) is 9.88 Å². The zero-order valence-corrected chi connectivity index (χ0v) is 22.1. The van der Waals surface area contributed by atoms with Gasteiger partial charge in [-0.25, -0.2) is 4.98 Å². The maximum Gasteiger partial charge on any atom is 0.309 e. The minimum absolute atomic E-state index is 0.103.